The Labute approximate surface area is 174 Å². The first-order valence-electron chi connectivity index (χ1n) is 9.68. The van der Waals surface area contributed by atoms with E-state index in [4.69, 9.17) is 5.73 Å². The first kappa shape index (κ1) is 21.0. The van der Waals surface area contributed by atoms with Gasteiger partial charge in [-0.3, -0.25) is 19.4 Å². The summed E-state index contributed by atoms with van der Waals surface area (Å²) in [6.07, 6.45) is 0.454. The van der Waals surface area contributed by atoms with E-state index in [0.29, 0.717) is 12.1 Å². The third-order valence-electron chi connectivity index (χ3n) is 4.71. The number of carbonyl (C=O) groups excluding carboxylic acids is 3. The minimum atomic E-state index is -0.946. The van der Waals surface area contributed by atoms with E-state index in [0.717, 1.165) is 16.5 Å². The summed E-state index contributed by atoms with van der Waals surface area (Å²) in [6, 6.07) is 18.9. The van der Waals surface area contributed by atoms with E-state index < -0.39 is 23.9 Å². The Hall–Kier alpha value is -3.74. The van der Waals surface area contributed by atoms with Crippen LogP contribution in [0.1, 0.15) is 18.2 Å². The first-order chi connectivity index (χ1) is 14.4. The summed E-state index contributed by atoms with van der Waals surface area (Å²) in [7, 11) is 0. The van der Waals surface area contributed by atoms with Crippen LogP contribution in [0.3, 0.4) is 0 Å². The van der Waals surface area contributed by atoms with E-state index in [9.17, 15) is 14.4 Å². The van der Waals surface area contributed by atoms with E-state index in [1.54, 1.807) is 6.07 Å². The lowest BCUT2D eigenvalue weighted by Crippen LogP contribution is -2.54. The number of pyridine rings is 1. The summed E-state index contributed by atoms with van der Waals surface area (Å²) in [5, 5.41) is 6.29. The second-order valence-corrected chi connectivity index (χ2v) is 7.11. The third-order valence-corrected chi connectivity index (χ3v) is 4.71. The Morgan fingerprint density at radius 3 is 2.27 bits per heavy atom. The lowest BCUT2D eigenvalue weighted by atomic mass is 10.0. The summed E-state index contributed by atoms with van der Waals surface area (Å²) in [4.78, 5) is 41.0. The van der Waals surface area contributed by atoms with Crippen LogP contribution >= 0.6 is 0 Å². The van der Waals surface area contributed by atoms with Gasteiger partial charge in [0.25, 0.3) is 0 Å². The highest BCUT2D eigenvalue weighted by atomic mass is 16.2. The Morgan fingerprint density at radius 1 is 0.867 bits per heavy atom. The van der Waals surface area contributed by atoms with Gasteiger partial charge >= 0.3 is 0 Å². The monoisotopic (exact) mass is 404 g/mol. The van der Waals surface area contributed by atoms with Crippen molar-refractivity contribution in [2.24, 2.45) is 5.73 Å². The molecule has 0 aliphatic heterocycles. The normalized spacial score (nSPS) is 12.7. The molecule has 3 aromatic rings. The molecule has 0 fully saturated rings. The first-order valence-corrected chi connectivity index (χ1v) is 9.68. The number of nitrogens with two attached hydrogens (primary N) is 1. The standard InChI is InChI=1S/C23H24N4O3/c1-15(28)25-21(13-16-7-3-2-4-8-16)23(30)27-20(22(24)29)14-18-12-11-17-9-5-6-10-19(17)26-18/h2-12,20-21H,13-14H2,1H3,(H2,24,29)(H,25,28)(H,27,30)/t20-,21+/m0/s1. The molecule has 1 aromatic heterocycles. The minimum absolute atomic E-state index is 0.157. The molecule has 2 aromatic carbocycles. The van der Waals surface area contributed by atoms with Gasteiger partial charge < -0.3 is 16.4 Å². The van der Waals surface area contributed by atoms with Crippen LogP contribution in [-0.2, 0) is 27.2 Å². The van der Waals surface area contributed by atoms with E-state index in [-0.39, 0.29) is 12.3 Å². The van der Waals surface area contributed by atoms with Gasteiger partial charge in [0.05, 0.1) is 5.52 Å². The molecular formula is C23H24N4O3. The number of nitrogens with one attached hydrogen (secondary N) is 2. The second-order valence-electron chi connectivity index (χ2n) is 7.11. The van der Waals surface area contributed by atoms with Crippen molar-refractivity contribution in [2.75, 3.05) is 0 Å². The summed E-state index contributed by atoms with van der Waals surface area (Å²) < 4.78 is 0. The highest BCUT2D eigenvalue weighted by Gasteiger charge is 2.25. The number of benzene rings is 2. The van der Waals surface area contributed by atoms with Crippen LogP contribution in [0.25, 0.3) is 10.9 Å². The van der Waals surface area contributed by atoms with Gasteiger partial charge in [-0.15, -0.1) is 0 Å². The van der Waals surface area contributed by atoms with Crippen molar-refractivity contribution in [3.63, 3.8) is 0 Å². The second kappa shape index (κ2) is 9.65. The maximum Gasteiger partial charge on any atom is 0.243 e. The topological polar surface area (TPSA) is 114 Å². The maximum absolute atomic E-state index is 12.8. The van der Waals surface area contributed by atoms with Gasteiger partial charge in [-0.2, -0.15) is 0 Å². The number of fused-ring (bicyclic) bond motifs is 1. The van der Waals surface area contributed by atoms with Gasteiger partial charge in [-0.25, -0.2) is 0 Å². The number of para-hydroxylation sites is 1. The minimum Gasteiger partial charge on any atom is -0.368 e. The summed E-state index contributed by atoms with van der Waals surface area (Å²) in [5.41, 5.74) is 7.85. The van der Waals surface area contributed by atoms with Crippen LogP contribution in [0.2, 0.25) is 0 Å². The van der Waals surface area contributed by atoms with Crippen LogP contribution in [0.5, 0.6) is 0 Å². The number of primary amides is 1. The highest BCUT2D eigenvalue weighted by Crippen LogP contribution is 2.13. The number of carbonyl (C=O) groups is 3. The lowest BCUT2D eigenvalue weighted by Gasteiger charge is -2.21. The molecule has 1 heterocycles. The van der Waals surface area contributed by atoms with Gasteiger partial charge in [0.15, 0.2) is 0 Å². The molecule has 0 aliphatic carbocycles. The van der Waals surface area contributed by atoms with E-state index in [2.05, 4.69) is 15.6 Å². The number of aromatic nitrogens is 1. The quantitative estimate of drug-likeness (QED) is 0.528. The van der Waals surface area contributed by atoms with E-state index in [1.165, 1.54) is 6.92 Å². The zero-order valence-electron chi connectivity index (χ0n) is 16.7. The number of rotatable bonds is 8. The van der Waals surface area contributed by atoms with Gasteiger partial charge in [0.1, 0.15) is 12.1 Å². The van der Waals surface area contributed by atoms with Crippen LogP contribution in [-0.4, -0.2) is 34.8 Å². The molecule has 7 nitrogen and oxygen atoms in total. The molecule has 154 valence electrons. The van der Waals surface area contributed by atoms with Gasteiger partial charge in [0.2, 0.25) is 17.7 Å². The Balaban J connectivity index is 1.74. The van der Waals surface area contributed by atoms with Crippen molar-refractivity contribution in [3.05, 3.63) is 78.0 Å². The molecule has 0 unspecified atom stereocenters. The number of nitrogens with zero attached hydrogens (tertiary/aromatic N) is 1. The predicted molar refractivity (Wildman–Crippen MR) is 114 cm³/mol. The van der Waals surface area contributed by atoms with Crippen molar-refractivity contribution in [1.29, 1.82) is 0 Å². The van der Waals surface area contributed by atoms with Crippen LogP contribution in [0.15, 0.2) is 66.7 Å². The van der Waals surface area contributed by atoms with Crippen LogP contribution in [0, 0.1) is 0 Å². The van der Waals surface area contributed by atoms with Crippen molar-refractivity contribution < 1.29 is 14.4 Å². The van der Waals surface area contributed by atoms with Crippen LogP contribution in [0.4, 0.5) is 0 Å². The number of amides is 3. The fourth-order valence-corrected chi connectivity index (χ4v) is 3.23. The molecule has 0 aliphatic rings. The molecule has 0 radical (unpaired) electrons. The highest BCUT2D eigenvalue weighted by molar-refractivity contribution is 5.91. The molecule has 0 saturated carbocycles. The summed E-state index contributed by atoms with van der Waals surface area (Å²) >= 11 is 0. The van der Waals surface area contributed by atoms with Crippen molar-refractivity contribution >= 4 is 28.6 Å². The average Bonchev–Trinajstić information content (AvgIpc) is 2.73. The zero-order chi connectivity index (χ0) is 21.5. The largest absolute Gasteiger partial charge is 0.368 e. The fourth-order valence-electron chi connectivity index (χ4n) is 3.23. The SMILES string of the molecule is CC(=O)N[C@H](Cc1ccccc1)C(=O)N[C@@H](Cc1ccc2ccccc2n1)C(N)=O. The Bertz CT molecular complexity index is 1050. The molecule has 0 spiro atoms. The van der Waals surface area contributed by atoms with Crippen LogP contribution < -0.4 is 16.4 Å². The number of hydrogen-bond donors (Lipinski definition) is 3. The van der Waals surface area contributed by atoms with Gasteiger partial charge in [-0.1, -0.05) is 54.6 Å². The summed E-state index contributed by atoms with van der Waals surface area (Å²) in [6.45, 7) is 1.34. The maximum atomic E-state index is 12.8. The molecule has 3 amide bonds. The molecule has 3 rings (SSSR count). The number of hydrogen-bond acceptors (Lipinski definition) is 4. The van der Waals surface area contributed by atoms with Crippen molar-refractivity contribution in [2.45, 2.75) is 31.8 Å². The summed E-state index contributed by atoms with van der Waals surface area (Å²) in [5.74, 6) is -1.48. The van der Waals surface area contributed by atoms with E-state index >= 15 is 0 Å². The smallest absolute Gasteiger partial charge is 0.243 e. The van der Waals surface area contributed by atoms with E-state index in [1.807, 2.05) is 60.7 Å². The Morgan fingerprint density at radius 2 is 1.57 bits per heavy atom. The van der Waals surface area contributed by atoms with Gasteiger partial charge in [0, 0.05) is 30.8 Å². The third kappa shape index (κ3) is 5.64. The Kier molecular flexibility index (Phi) is 6.75. The van der Waals surface area contributed by atoms with Crippen molar-refractivity contribution in [1.82, 2.24) is 15.6 Å². The van der Waals surface area contributed by atoms with Crippen molar-refractivity contribution in [3.8, 4) is 0 Å². The molecular weight excluding hydrogens is 380 g/mol. The molecule has 4 N–H and O–H groups in total. The fraction of sp³-hybridized carbons (Fsp3) is 0.217. The van der Waals surface area contributed by atoms with Gasteiger partial charge in [-0.05, 0) is 17.7 Å². The molecule has 0 bridgehead atoms. The molecule has 2 atom stereocenters. The lowest BCUT2D eigenvalue weighted by molar-refractivity contribution is -0.130. The molecule has 7 heteroatoms. The zero-order valence-corrected chi connectivity index (χ0v) is 16.7. The predicted octanol–water partition coefficient (Wildman–Crippen LogP) is 1.49. The molecule has 30 heavy (non-hydrogen) atoms. The molecule has 0 saturated heterocycles. The average molecular weight is 404 g/mol.